The molecule has 1 saturated carbocycles. The number of pyridine rings is 1. The number of rotatable bonds is 3. The minimum Gasteiger partial charge on any atom is -0.399 e. The molecular weight excluding hydrogens is 238 g/mol. The van der Waals surface area contributed by atoms with Gasteiger partial charge in [0.1, 0.15) is 11.0 Å². The number of aromatic nitrogens is 1. The first-order valence-corrected chi connectivity index (χ1v) is 6.03. The largest absolute Gasteiger partial charge is 0.399 e. The van der Waals surface area contributed by atoms with E-state index in [9.17, 15) is 0 Å². The van der Waals surface area contributed by atoms with E-state index in [0.29, 0.717) is 16.9 Å². The molecule has 1 fully saturated rings. The summed E-state index contributed by atoms with van der Waals surface area (Å²) in [6, 6.07) is 3.76. The predicted octanol–water partition coefficient (Wildman–Crippen LogP) is 2.54. The Hall–Kier alpha value is -1.00. The lowest BCUT2D eigenvalue weighted by molar-refractivity contribution is -0.0795. The smallest absolute Gasteiger partial charge is 0.133 e. The van der Waals surface area contributed by atoms with E-state index in [1.54, 1.807) is 19.2 Å². The SMILES string of the molecule is COC1CC(Nc2cc(N)cc(Cl)n2)C1(C)C. The summed E-state index contributed by atoms with van der Waals surface area (Å²) in [5.74, 6) is 0.725. The molecule has 1 heterocycles. The fourth-order valence-corrected chi connectivity index (χ4v) is 2.52. The number of halogens is 1. The molecule has 0 radical (unpaired) electrons. The monoisotopic (exact) mass is 255 g/mol. The lowest BCUT2D eigenvalue weighted by Crippen LogP contribution is -2.57. The Morgan fingerprint density at radius 1 is 1.53 bits per heavy atom. The van der Waals surface area contributed by atoms with Gasteiger partial charge in [-0.2, -0.15) is 0 Å². The van der Waals surface area contributed by atoms with Gasteiger partial charge in [-0.1, -0.05) is 25.4 Å². The molecule has 1 aromatic rings. The van der Waals surface area contributed by atoms with E-state index in [-0.39, 0.29) is 11.5 Å². The molecule has 0 amide bonds. The lowest BCUT2D eigenvalue weighted by Gasteiger charge is -2.51. The molecule has 2 unspecified atom stereocenters. The van der Waals surface area contributed by atoms with Crippen molar-refractivity contribution in [2.45, 2.75) is 32.4 Å². The lowest BCUT2D eigenvalue weighted by atomic mass is 9.64. The van der Waals surface area contributed by atoms with Crippen LogP contribution in [0.15, 0.2) is 12.1 Å². The van der Waals surface area contributed by atoms with Gasteiger partial charge >= 0.3 is 0 Å². The average molecular weight is 256 g/mol. The van der Waals surface area contributed by atoms with Crippen LogP contribution >= 0.6 is 11.6 Å². The maximum Gasteiger partial charge on any atom is 0.133 e. The Labute approximate surface area is 107 Å². The normalized spacial score (nSPS) is 26.4. The van der Waals surface area contributed by atoms with Gasteiger partial charge in [0, 0.05) is 30.3 Å². The molecule has 1 aliphatic carbocycles. The van der Waals surface area contributed by atoms with Gasteiger partial charge in [-0.25, -0.2) is 4.98 Å². The van der Waals surface area contributed by atoms with Crippen LogP contribution in [0.3, 0.4) is 0 Å². The van der Waals surface area contributed by atoms with Crippen molar-refractivity contribution in [1.29, 1.82) is 0 Å². The second-order valence-corrected chi connectivity index (χ2v) is 5.47. The second-order valence-electron chi connectivity index (χ2n) is 5.09. The zero-order valence-electron chi connectivity index (χ0n) is 10.3. The molecule has 5 heteroatoms. The Kier molecular flexibility index (Phi) is 3.19. The molecule has 0 bridgehead atoms. The van der Waals surface area contributed by atoms with E-state index in [0.717, 1.165) is 12.2 Å². The van der Waals surface area contributed by atoms with E-state index >= 15 is 0 Å². The third-order valence-corrected chi connectivity index (χ3v) is 3.79. The number of nitrogens with one attached hydrogen (secondary N) is 1. The number of nitrogen functional groups attached to an aromatic ring is 1. The number of nitrogens with zero attached hydrogens (tertiary/aromatic N) is 1. The van der Waals surface area contributed by atoms with Gasteiger partial charge in [0.25, 0.3) is 0 Å². The highest BCUT2D eigenvalue weighted by molar-refractivity contribution is 6.29. The van der Waals surface area contributed by atoms with Crippen LogP contribution in [0.2, 0.25) is 5.15 Å². The number of methoxy groups -OCH3 is 1. The molecule has 4 nitrogen and oxygen atoms in total. The molecule has 3 N–H and O–H groups in total. The van der Waals surface area contributed by atoms with Crippen molar-refractivity contribution in [2.75, 3.05) is 18.2 Å². The molecule has 0 saturated heterocycles. The maximum atomic E-state index is 5.87. The molecule has 0 spiro atoms. The Bertz CT molecular complexity index is 402. The quantitative estimate of drug-likeness (QED) is 0.815. The second kappa shape index (κ2) is 4.35. The summed E-state index contributed by atoms with van der Waals surface area (Å²) < 4.78 is 5.41. The van der Waals surface area contributed by atoms with E-state index in [4.69, 9.17) is 22.1 Å². The van der Waals surface area contributed by atoms with Crippen molar-refractivity contribution in [2.24, 2.45) is 5.41 Å². The first-order chi connectivity index (χ1) is 7.93. The zero-order chi connectivity index (χ0) is 12.6. The molecule has 94 valence electrons. The highest BCUT2D eigenvalue weighted by atomic mass is 35.5. The van der Waals surface area contributed by atoms with Gasteiger partial charge in [-0.05, 0) is 12.5 Å². The third kappa shape index (κ3) is 2.33. The number of hydrogen-bond donors (Lipinski definition) is 2. The van der Waals surface area contributed by atoms with E-state index in [2.05, 4.69) is 24.1 Å². The molecule has 1 aliphatic rings. The van der Waals surface area contributed by atoms with Gasteiger partial charge in [-0.15, -0.1) is 0 Å². The van der Waals surface area contributed by atoms with Crippen molar-refractivity contribution < 1.29 is 4.74 Å². The van der Waals surface area contributed by atoms with Gasteiger partial charge in [-0.3, -0.25) is 0 Å². The topological polar surface area (TPSA) is 60.2 Å². The summed E-state index contributed by atoms with van der Waals surface area (Å²) in [6.07, 6.45) is 1.26. The van der Waals surface area contributed by atoms with Crippen molar-refractivity contribution >= 4 is 23.1 Å². The van der Waals surface area contributed by atoms with Crippen LogP contribution in [0, 0.1) is 5.41 Å². The molecule has 0 aliphatic heterocycles. The number of anilines is 2. The van der Waals surface area contributed by atoms with Crippen LogP contribution in [0.25, 0.3) is 0 Å². The van der Waals surface area contributed by atoms with Crippen LogP contribution in [-0.2, 0) is 4.74 Å². The van der Waals surface area contributed by atoms with Crippen molar-refractivity contribution in [3.05, 3.63) is 17.3 Å². The van der Waals surface area contributed by atoms with Crippen molar-refractivity contribution in [3.8, 4) is 0 Å². The summed E-state index contributed by atoms with van der Waals surface area (Å²) >= 11 is 5.87. The molecule has 2 atom stereocenters. The minimum absolute atomic E-state index is 0.0908. The summed E-state index contributed by atoms with van der Waals surface area (Å²) in [7, 11) is 1.75. The highest BCUT2D eigenvalue weighted by Crippen LogP contribution is 2.43. The standard InChI is InChI=1S/C12H18ClN3O/c1-12(2)8(6-9(12)17-3)15-11-5-7(14)4-10(13)16-11/h4-5,8-9H,6H2,1-3H3,(H3,14,15,16). The van der Waals surface area contributed by atoms with E-state index < -0.39 is 0 Å². The first-order valence-electron chi connectivity index (χ1n) is 5.66. The Balaban J connectivity index is 2.08. The van der Waals surface area contributed by atoms with Crippen LogP contribution in [0.5, 0.6) is 0 Å². The van der Waals surface area contributed by atoms with E-state index in [1.807, 2.05) is 0 Å². The van der Waals surface area contributed by atoms with Crippen molar-refractivity contribution in [1.82, 2.24) is 4.98 Å². The molecular formula is C12H18ClN3O. The van der Waals surface area contributed by atoms with Crippen LogP contribution < -0.4 is 11.1 Å². The average Bonchev–Trinajstić information content (AvgIpc) is 2.22. The van der Waals surface area contributed by atoms with Crippen molar-refractivity contribution in [3.63, 3.8) is 0 Å². The minimum atomic E-state index is 0.0908. The van der Waals surface area contributed by atoms with Gasteiger partial charge in [0.2, 0.25) is 0 Å². The van der Waals surface area contributed by atoms with Gasteiger partial charge in [0.05, 0.1) is 6.10 Å². The Morgan fingerprint density at radius 3 is 2.76 bits per heavy atom. The summed E-state index contributed by atoms with van der Waals surface area (Å²) in [5.41, 5.74) is 6.44. The summed E-state index contributed by atoms with van der Waals surface area (Å²) in [5, 5.41) is 3.77. The fraction of sp³-hybridized carbons (Fsp3) is 0.583. The number of hydrogen-bond acceptors (Lipinski definition) is 4. The van der Waals surface area contributed by atoms with Gasteiger partial charge in [0.15, 0.2) is 0 Å². The summed E-state index contributed by atoms with van der Waals surface area (Å²) in [4.78, 5) is 4.21. The highest BCUT2D eigenvalue weighted by Gasteiger charge is 2.48. The predicted molar refractivity (Wildman–Crippen MR) is 70.3 cm³/mol. The van der Waals surface area contributed by atoms with E-state index in [1.165, 1.54) is 0 Å². The molecule has 2 rings (SSSR count). The number of ether oxygens (including phenoxy) is 1. The number of nitrogens with two attached hydrogens (primary N) is 1. The first kappa shape index (κ1) is 12.5. The Morgan fingerprint density at radius 2 is 2.24 bits per heavy atom. The summed E-state index contributed by atoms with van der Waals surface area (Å²) in [6.45, 7) is 4.35. The van der Waals surface area contributed by atoms with Crippen LogP contribution in [-0.4, -0.2) is 24.2 Å². The third-order valence-electron chi connectivity index (χ3n) is 3.60. The van der Waals surface area contributed by atoms with Crippen LogP contribution in [0.1, 0.15) is 20.3 Å². The molecule has 1 aromatic heterocycles. The molecule has 0 aromatic carbocycles. The molecule has 17 heavy (non-hydrogen) atoms. The zero-order valence-corrected chi connectivity index (χ0v) is 11.1. The van der Waals surface area contributed by atoms with Crippen LogP contribution in [0.4, 0.5) is 11.5 Å². The fourth-order valence-electron chi connectivity index (χ4n) is 2.30. The van der Waals surface area contributed by atoms with Gasteiger partial charge < -0.3 is 15.8 Å². The maximum absolute atomic E-state index is 5.87.